The van der Waals surface area contributed by atoms with Gasteiger partial charge in [-0.2, -0.15) is 0 Å². The zero-order chi connectivity index (χ0) is 19.3. The third-order valence-electron chi connectivity index (χ3n) is 4.54. The van der Waals surface area contributed by atoms with Gasteiger partial charge in [0.05, 0.1) is 0 Å². The Morgan fingerprint density at radius 1 is 1.08 bits per heavy atom. The highest BCUT2D eigenvalue weighted by atomic mass is 19.4. The van der Waals surface area contributed by atoms with Crippen LogP contribution in [0.1, 0.15) is 39.5 Å². The highest BCUT2D eigenvalue weighted by molar-refractivity contribution is 6.39. The molecule has 0 heterocycles. The van der Waals surface area contributed by atoms with E-state index in [1.807, 2.05) is 0 Å². The Kier molecular flexibility index (Phi) is 6.50. The molecule has 5 nitrogen and oxygen atoms in total. The van der Waals surface area contributed by atoms with Crippen molar-refractivity contribution in [3.8, 4) is 5.75 Å². The smallest absolute Gasteiger partial charge is 0.406 e. The van der Waals surface area contributed by atoms with Gasteiger partial charge >= 0.3 is 18.2 Å². The number of alkyl halides is 3. The highest BCUT2D eigenvalue weighted by Gasteiger charge is 2.31. The predicted molar refractivity (Wildman–Crippen MR) is 90.5 cm³/mol. The first-order valence-corrected chi connectivity index (χ1v) is 8.63. The summed E-state index contributed by atoms with van der Waals surface area (Å²) in [5.41, 5.74) is 0.212. The average molecular weight is 372 g/mol. The fourth-order valence-electron chi connectivity index (χ4n) is 3.30. The lowest BCUT2D eigenvalue weighted by Gasteiger charge is -2.34. The zero-order valence-electron chi connectivity index (χ0n) is 14.7. The maximum absolute atomic E-state index is 12.1. The van der Waals surface area contributed by atoms with Crippen LogP contribution < -0.4 is 15.4 Å². The first kappa shape index (κ1) is 20.1. The molecule has 1 aliphatic carbocycles. The number of hydrogen-bond acceptors (Lipinski definition) is 3. The van der Waals surface area contributed by atoms with Crippen LogP contribution in [0.15, 0.2) is 24.3 Å². The van der Waals surface area contributed by atoms with E-state index >= 15 is 0 Å². The maximum Gasteiger partial charge on any atom is 0.573 e. The Morgan fingerprint density at radius 2 is 1.69 bits per heavy atom. The predicted octanol–water partition coefficient (Wildman–Crippen LogP) is 3.85. The number of benzene rings is 1. The maximum atomic E-state index is 12.1. The van der Waals surface area contributed by atoms with Crippen molar-refractivity contribution in [1.29, 1.82) is 0 Å². The highest BCUT2D eigenvalue weighted by Crippen LogP contribution is 2.30. The van der Waals surface area contributed by atoms with E-state index in [1.165, 1.54) is 12.1 Å². The topological polar surface area (TPSA) is 67.4 Å². The van der Waals surface area contributed by atoms with Gasteiger partial charge < -0.3 is 15.4 Å². The molecule has 2 rings (SSSR count). The van der Waals surface area contributed by atoms with E-state index in [-0.39, 0.29) is 11.7 Å². The summed E-state index contributed by atoms with van der Waals surface area (Å²) >= 11 is 0. The molecule has 1 aromatic rings. The molecule has 0 aromatic heterocycles. The van der Waals surface area contributed by atoms with E-state index in [9.17, 15) is 22.8 Å². The average Bonchev–Trinajstić information content (AvgIpc) is 2.55. The van der Waals surface area contributed by atoms with Crippen LogP contribution in [0.3, 0.4) is 0 Å². The van der Waals surface area contributed by atoms with Crippen molar-refractivity contribution >= 4 is 17.5 Å². The van der Waals surface area contributed by atoms with Gasteiger partial charge in [-0.15, -0.1) is 13.2 Å². The number of nitrogens with one attached hydrogen (secondary N) is 2. The van der Waals surface area contributed by atoms with Crippen molar-refractivity contribution in [3.63, 3.8) is 0 Å². The van der Waals surface area contributed by atoms with Crippen molar-refractivity contribution in [2.45, 2.75) is 51.9 Å². The standard InChI is InChI=1S/C18H23F3N2O3/c1-11(2)14-5-3-4-6-15(14)23-17(25)16(24)22-12-7-9-13(10-8-12)26-18(19,20)21/h7-11,14-15H,3-6H2,1-2H3,(H,22,24)(H,23,25). The Labute approximate surface area is 150 Å². The molecule has 8 heteroatoms. The second-order valence-corrected chi connectivity index (χ2v) is 6.80. The number of hydrogen-bond donors (Lipinski definition) is 2. The SMILES string of the molecule is CC(C)C1CCCCC1NC(=O)C(=O)Nc1ccc(OC(F)(F)F)cc1. The third-order valence-corrected chi connectivity index (χ3v) is 4.54. The van der Waals surface area contributed by atoms with Crippen LogP contribution in [0.5, 0.6) is 5.75 Å². The number of ether oxygens (including phenoxy) is 1. The van der Waals surface area contributed by atoms with Gasteiger partial charge in [0.15, 0.2) is 0 Å². The molecule has 1 aliphatic rings. The summed E-state index contributed by atoms with van der Waals surface area (Å²) in [6.07, 6.45) is -0.794. The Bertz CT molecular complexity index is 630. The minimum absolute atomic E-state index is 0.0374. The van der Waals surface area contributed by atoms with E-state index in [0.29, 0.717) is 11.8 Å². The molecule has 0 saturated heterocycles. The summed E-state index contributed by atoms with van der Waals surface area (Å²) in [7, 11) is 0. The third kappa shape index (κ3) is 5.93. The normalized spacial score (nSPS) is 20.5. The summed E-state index contributed by atoms with van der Waals surface area (Å²) in [5.74, 6) is -1.24. The minimum Gasteiger partial charge on any atom is -0.406 e. The summed E-state index contributed by atoms with van der Waals surface area (Å²) in [5, 5.41) is 5.17. The second-order valence-electron chi connectivity index (χ2n) is 6.80. The van der Waals surface area contributed by atoms with Gasteiger partial charge in [0.25, 0.3) is 0 Å². The van der Waals surface area contributed by atoms with Crippen LogP contribution in [0, 0.1) is 11.8 Å². The number of anilines is 1. The molecule has 0 aliphatic heterocycles. The van der Waals surface area contributed by atoms with Gasteiger partial charge in [0, 0.05) is 11.7 Å². The Morgan fingerprint density at radius 3 is 2.27 bits per heavy atom. The van der Waals surface area contributed by atoms with Crippen LogP contribution in [0.4, 0.5) is 18.9 Å². The minimum atomic E-state index is -4.78. The van der Waals surface area contributed by atoms with Gasteiger partial charge in [0.1, 0.15) is 5.75 Å². The Hall–Kier alpha value is -2.25. The lowest BCUT2D eigenvalue weighted by Crippen LogP contribution is -2.47. The van der Waals surface area contributed by atoms with Crippen molar-refractivity contribution in [1.82, 2.24) is 5.32 Å². The zero-order valence-corrected chi connectivity index (χ0v) is 14.7. The summed E-state index contributed by atoms with van der Waals surface area (Å²) in [6.45, 7) is 4.19. The molecule has 0 spiro atoms. The molecule has 2 amide bonds. The fourth-order valence-corrected chi connectivity index (χ4v) is 3.30. The van der Waals surface area contributed by atoms with Crippen molar-refractivity contribution in [2.24, 2.45) is 11.8 Å². The Balaban J connectivity index is 1.91. The summed E-state index contributed by atoms with van der Waals surface area (Å²) < 4.78 is 40.1. The molecule has 1 saturated carbocycles. The number of carbonyl (C=O) groups excluding carboxylic acids is 2. The van der Waals surface area contributed by atoms with E-state index in [2.05, 4.69) is 29.2 Å². The van der Waals surface area contributed by atoms with Crippen LogP contribution in [-0.2, 0) is 9.59 Å². The van der Waals surface area contributed by atoms with E-state index in [0.717, 1.165) is 37.8 Å². The van der Waals surface area contributed by atoms with Gasteiger partial charge in [-0.1, -0.05) is 26.7 Å². The van der Waals surface area contributed by atoms with Crippen LogP contribution >= 0.6 is 0 Å². The quantitative estimate of drug-likeness (QED) is 0.789. The molecule has 2 unspecified atom stereocenters. The van der Waals surface area contributed by atoms with Crippen molar-refractivity contribution in [2.75, 3.05) is 5.32 Å². The molecule has 1 aromatic carbocycles. The van der Waals surface area contributed by atoms with Crippen LogP contribution in [0.25, 0.3) is 0 Å². The number of carbonyl (C=O) groups is 2. The lowest BCUT2D eigenvalue weighted by molar-refractivity contribution is -0.274. The number of rotatable bonds is 4. The van der Waals surface area contributed by atoms with Gasteiger partial charge in [0.2, 0.25) is 0 Å². The molecule has 1 fully saturated rings. The number of halogens is 3. The molecule has 2 atom stereocenters. The first-order valence-electron chi connectivity index (χ1n) is 8.63. The first-order chi connectivity index (χ1) is 12.2. The van der Waals surface area contributed by atoms with Crippen LogP contribution in [-0.4, -0.2) is 24.2 Å². The van der Waals surface area contributed by atoms with E-state index < -0.39 is 23.9 Å². The van der Waals surface area contributed by atoms with E-state index in [1.54, 1.807) is 0 Å². The summed E-state index contributed by atoms with van der Waals surface area (Å²) in [4.78, 5) is 24.2. The van der Waals surface area contributed by atoms with E-state index in [4.69, 9.17) is 0 Å². The molecular formula is C18H23F3N2O3. The van der Waals surface area contributed by atoms with Gasteiger partial charge in [-0.25, -0.2) is 0 Å². The molecule has 0 radical (unpaired) electrons. The number of amides is 2. The van der Waals surface area contributed by atoms with Gasteiger partial charge in [-0.05, 0) is 48.9 Å². The van der Waals surface area contributed by atoms with Crippen molar-refractivity contribution < 1.29 is 27.5 Å². The molecule has 0 bridgehead atoms. The van der Waals surface area contributed by atoms with Crippen LogP contribution in [0.2, 0.25) is 0 Å². The molecule has 2 N–H and O–H groups in total. The second kappa shape index (κ2) is 8.42. The monoisotopic (exact) mass is 372 g/mol. The van der Waals surface area contributed by atoms with Gasteiger partial charge in [-0.3, -0.25) is 9.59 Å². The summed E-state index contributed by atoms with van der Waals surface area (Å²) in [6, 6.07) is 4.58. The van der Waals surface area contributed by atoms with Crippen molar-refractivity contribution in [3.05, 3.63) is 24.3 Å². The molecular weight excluding hydrogens is 349 g/mol. The lowest BCUT2D eigenvalue weighted by atomic mass is 9.78. The molecule has 144 valence electrons. The molecule has 26 heavy (non-hydrogen) atoms. The largest absolute Gasteiger partial charge is 0.573 e. The fraction of sp³-hybridized carbons (Fsp3) is 0.556.